The molecule has 0 bridgehead atoms. The Bertz CT molecular complexity index is 1210. The first kappa shape index (κ1) is 21.4. The average molecular weight is 452 g/mol. The summed E-state index contributed by atoms with van der Waals surface area (Å²) in [7, 11) is 0. The SMILES string of the molecule is Cc1ccnc2nc(C(=O)NCC3CN(C(=O)c4cccc(F)c4)CCC34CCOC4)nn12. The van der Waals surface area contributed by atoms with E-state index in [1.54, 1.807) is 23.2 Å². The number of carbonyl (C=O) groups excluding carboxylic acids is 2. The maximum atomic E-state index is 13.6. The van der Waals surface area contributed by atoms with E-state index in [1.807, 2.05) is 6.92 Å². The molecule has 2 aromatic heterocycles. The van der Waals surface area contributed by atoms with E-state index in [9.17, 15) is 14.0 Å². The van der Waals surface area contributed by atoms with Crippen molar-refractivity contribution in [1.82, 2.24) is 29.8 Å². The minimum absolute atomic E-state index is 0.00731. The smallest absolute Gasteiger partial charge is 0.291 e. The number of hydrogen-bond acceptors (Lipinski definition) is 6. The third-order valence-electron chi connectivity index (χ3n) is 6.82. The number of carbonyl (C=O) groups is 2. The van der Waals surface area contributed by atoms with Crippen LogP contribution in [0.25, 0.3) is 5.78 Å². The molecule has 0 saturated carbocycles. The van der Waals surface area contributed by atoms with E-state index in [2.05, 4.69) is 20.4 Å². The molecule has 2 saturated heterocycles. The van der Waals surface area contributed by atoms with Gasteiger partial charge >= 0.3 is 0 Å². The fourth-order valence-corrected chi connectivity index (χ4v) is 4.82. The number of halogens is 1. The van der Waals surface area contributed by atoms with Crippen LogP contribution in [0.1, 0.15) is 39.5 Å². The summed E-state index contributed by atoms with van der Waals surface area (Å²) in [5.41, 5.74) is 1.05. The largest absolute Gasteiger partial charge is 0.381 e. The van der Waals surface area contributed by atoms with Gasteiger partial charge in [-0.2, -0.15) is 4.98 Å². The van der Waals surface area contributed by atoms with E-state index in [0.29, 0.717) is 44.2 Å². The lowest BCUT2D eigenvalue weighted by atomic mass is 9.69. The van der Waals surface area contributed by atoms with Gasteiger partial charge in [-0.3, -0.25) is 9.59 Å². The van der Waals surface area contributed by atoms with Crippen LogP contribution in [0.2, 0.25) is 0 Å². The summed E-state index contributed by atoms with van der Waals surface area (Å²) >= 11 is 0. The Morgan fingerprint density at radius 3 is 2.94 bits per heavy atom. The zero-order valence-electron chi connectivity index (χ0n) is 18.3. The molecular formula is C23H25FN6O3. The summed E-state index contributed by atoms with van der Waals surface area (Å²) < 4.78 is 20.9. The van der Waals surface area contributed by atoms with Crippen LogP contribution in [0.15, 0.2) is 36.5 Å². The predicted molar refractivity (Wildman–Crippen MR) is 116 cm³/mol. The zero-order valence-corrected chi connectivity index (χ0v) is 18.3. The van der Waals surface area contributed by atoms with Crippen LogP contribution < -0.4 is 5.32 Å². The van der Waals surface area contributed by atoms with Gasteiger partial charge in [0.2, 0.25) is 5.82 Å². The lowest BCUT2D eigenvalue weighted by Crippen LogP contribution is -2.53. The predicted octanol–water partition coefficient (Wildman–Crippen LogP) is 1.87. The van der Waals surface area contributed by atoms with E-state index in [1.165, 1.54) is 22.7 Å². The molecule has 2 aliphatic rings. The molecular weight excluding hydrogens is 427 g/mol. The quantitative estimate of drug-likeness (QED) is 0.649. The molecule has 4 heterocycles. The summed E-state index contributed by atoms with van der Waals surface area (Å²) in [6.07, 6.45) is 3.27. The highest BCUT2D eigenvalue weighted by molar-refractivity contribution is 5.94. The first-order valence-electron chi connectivity index (χ1n) is 11.0. The van der Waals surface area contributed by atoms with Crippen molar-refractivity contribution < 1.29 is 18.7 Å². The Labute approximate surface area is 190 Å². The van der Waals surface area contributed by atoms with E-state index in [-0.39, 0.29) is 29.0 Å². The zero-order chi connectivity index (χ0) is 23.0. The van der Waals surface area contributed by atoms with Gasteiger partial charge in [-0.25, -0.2) is 13.9 Å². The van der Waals surface area contributed by atoms with Gasteiger partial charge in [-0.05, 0) is 44.0 Å². The minimum Gasteiger partial charge on any atom is -0.381 e. The van der Waals surface area contributed by atoms with Crippen LogP contribution in [0.3, 0.4) is 0 Å². The number of benzene rings is 1. The highest BCUT2D eigenvalue weighted by atomic mass is 19.1. The number of fused-ring (bicyclic) bond motifs is 1. The first-order valence-corrected chi connectivity index (χ1v) is 11.0. The number of hydrogen-bond donors (Lipinski definition) is 1. The number of piperidine rings is 1. The summed E-state index contributed by atoms with van der Waals surface area (Å²) in [5.74, 6) is -0.618. The molecule has 2 fully saturated rings. The molecule has 5 rings (SSSR count). The number of aromatic nitrogens is 4. The fourth-order valence-electron chi connectivity index (χ4n) is 4.82. The minimum atomic E-state index is -0.438. The Morgan fingerprint density at radius 2 is 2.18 bits per heavy atom. The molecule has 33 heavy (non-hydrogen) atoms. The van der Waals surface area contributed by atoms with Crippen molar-refractivity contribution in [2.24, 2.45) is 11.3 Å². The van der Waals surface area contributed by atoms with Gasteiger partial charge < -0.3 is 15.0 Å². The molecule has 3 aromatic rings. The van der Waals surface area contributed by atoms with Crippen LogP contribution in [0.5, 0.6) is 0 Å². The van der Waals surface area contributed by atoms with Crippen molar-refractivity contribution in [3.63, 3.8) is 0 Å². The van der Waals surface area contributed by atoms with Gasteiger partial charge in [0.1, 0.15) is 5.82 Å². The van der Waals surface area contributed by atoms with Gasteiger partial charge in [-0.15, -0.1) is 5.10 Å². The van der Waals surface area contributed by atoms with Gasteiger partial charge in [0, 0.05) is 55.0 Å². The van der Waals surface area contributed by atoms with Gasteiger partial charge in [0.05, 0.1) is 6.61 Å². The molecule has 10 heteroatoms. The van der Waals surface area contributed by atoms with Crippen molar-refractivity contribution in [1.29, 1.82) is 0 Å². The van der Waals surface area contributed by atoms with Crippen molar-refractivity contribution in [2.45, 2.75) is 19.8 Å². The molecule has 2 atom stereocenters. The highest BCUT2D eigenvalue weighted by Gasteiger charge is 2.46. The number of nitrogens with zero attached hydrogens (tertiary/aromatic N) is 5. The highest BCUT2D eigenvalue weighted by Crippen LogP contribution is 2.43. The molecule has 0 aliphatic carbocycles. The van der Waals surface area contributed by atoms with Crippen LogP contribution in [0, 0.1) is 24.1 Å². The number of amides is 2. The van der Waals surface area contributed by atoms with Crippen LogP contribution in [-0.2, 0) is 4.74 Å². The van der Waals surface area contributed by atoms with Gasteiger partial charge in [0.25, 0.3) is 17.6 Å². The summed E-state index contributed by atoms with van der Waals surface area (Å²) in [5, 5.41) is 7.21. The van der Waals surface area contributed by atoms with Crippen LogP contribution in [0.4, 0.5) is 4.39 Å². The average Bonchev–Trinajstić information content (AvgIpc) is 3.47. The maximum Gasteiger partial charge on any atom is 0.291 e. The molecule has 2 unspecified atom stereocenters. The van der Waals surface area contributed by atoms with Crippen molar-refractivity contribution in [3.05, 3.63) is 59.4 Å². The first-order chi connectivity index (χ1) is 15.9. The molecule has 2 amide bonds. The number of nitrogens with one attached hydrogen (secondary N) is 1. The third-order valence-corrected chi connectivity index (χ3v) is 6.82. The van der Waals surface area contributed by atoms with Crippen LogP contribution in [-0.4, -0.2) is 69.1 Å². The summed E-state index contributed by atoms with van der Waals surface area (Å²) in [6, 6.07) is 7.53. The molecule has 172 valence electrons. The maximum absolute atomic E-state index is 13.6. The summed E-state index contributed by atoms with van der Waals surface area (Å²) in [6.45, 7) is 4.52. The second kappa shape index (κ2) is 8.51. The molecule has 1 aromatic carbocycles. The van der Waals surface area contributed by atoms with E-state index in [4.69, 9.17) is 4.74 Å². The molecule has 0 radical (unpaired) electrons. The van der Waals surface area contributed by atoms with E-state index in [0.717, 1.165) is 18.5 Å². The molecule has 9 nitrogen and oxygen atoms in total. The third kappa shape index (κ3) is 4.06. The Hall–Kier alpha value is -3.40. The lowest BCUT2D eigenvalue weighted by molar-refractivity contribution is 0.0198. The van der Waals surface area contributed by atoms with E-state index >= 15 is 0 Å². The monoisotopic (exact) mass is 452 g/mol. The molecule has 1 spiro atoms. The number of likely N-dealkylation sites (tertiary alicyclic amines) is 1. The van der Waals surface area contributed by atoms with Crippen molar-refractivity contribution >= 4 is 17.6 Å². The lowest BCUT2D eigenvalue weighted by Gasteiger charge is -2.45. The Morgan fingerprint density at radius 1 is 1.30 bits per heavy atom. The second-order valence-corrected chi connectivity index (χ2v) is 8.82. The fraction of sp³-hybridized carbons (Fsp3) is 0.435. The summed E-state index contributed by atoms with van der Waals surface area (Å²) in [4.78, 5) is 35.9. The van der Waals surface area contributed by atoms with Crippen molar-refractivity contribution in [2.75, 3.05) is 32.8 Å². The normalized spacial score (nSPS) is 22.7. The Kier molecular flexibility index (Phi) is 5.53. The molecule has 2 aliphatic heterocycles. The topological polar surface area (TPSA) is 102 Å². The second-order valence-electron chi connectivity index (χ2n) is 8.82. The number of ether oxygens (including phenoxy) is 1. The Balaban J connectivity index is 1.31. The number of aryl methyl sites for hydroxylation is 1. The van der Waals surface area contributed by atoms with Gasteiger partial charge in [0.15, 0.2) is 0 Å². The standard InChI is InChI=1S/C23H25FN6O3/c1-15-5-8-25-22-27-19(28-30(15)22)20(31)26-12-17-13-29(9-6-23(17)7-10-33-14-23)21(32)16-3-2-4-18(24)11-16/h2-5,8,11,17H,6-7,9-10,12-14H2,1H3,(H,26,31). The number of rotatable bonds is 4. The van der Waals surface area contributed by atoms with E-state index < -0.39 is 5.82 Å². The van der Waals surface area contributed by atoms with Crippen LogP contribution >= 0.6 is 0 Å². The van der Waals surface area contributed by atoms with Crippen molar-refractivity contribution in [3.8, 4) is 0 Å². The van der Waals surface area contributed by atoms with Gasteiger partial charge in [-0.1, -0.05) is 6.07 Å². The molecule has 1 N–H and O–H groups in total.